The fourth-order valence-corrected chi connectivity index (χ4v) is 1.77. The molecule has 2 N–H and O–H groups in total. The number of carboxylic acid groups (broad SMARTS) is 1. The lowest BCUT2D eigenvalue weighted by molar-refractivity contribution is -0.153. The third-order valence-electron chi connectivity index (χ3n) is 3.67. The van der Waals surface area contributed by atoms with Crippen LogP contribution >= 0.6 is 0 Å². The highest BCUT2D eigenvalue weighted by Gasteiger charge is 2.38. The largest absolute Gasteiger partial charge is 0.481 e. The van der Waals surface area contributed by atoms with E-state index >= 15 is 0 Å². The van der Waals surface area contributed by atoms with E-state index in [9.17, 15) is 19.1 Å². The van der Waals surface area contributed by atoms with Gasteiger partial charge in [0.15, 0.2) is 0 Å². The standard InChI is InChI=1S/C15H17FN2O3/c1-9(2)15(3,14(20)21)7-13(19)18-12-5-4-11(16)6-10(12)8-17/h4-6,9H,7H2,1-3H3,(H,18,19)(H,20,21). The van der Waals surface area contributed by atoms with Crippen molar-refractivity contribution in [3.05, 3.63) is 29.6 Å². The molecule has 1 aromatic carbocycles. The SMILES string of the molecule is CC(C)C(C)(CC(=O)Nc1ccc(F)cc1C#N)C(=O)O. The topological polar surface area (TPSA) is 90.2 Å². The maximum absolute atomic E-state index is 13.0. The normalized spacial score (nSPS) is 13.3. The Kier molecular flexibility index (Phi) is 5.03. The number of benzene rings is 1. The molecule has 21 heavy (non-hydrogen) atoms. The van der Waals surface area contributed by atoms with Crippen LogP contribution in [0.25, 0.3) is 0 Å². The molecule has 0 aliphatic carbocycles. The van der Waals surface area contributed by atoms with Crippen molar-refractivity contribution in [3.8, 4) is 6.07 Å². The van der Waals surface area contributed by atoms with E-state index < -0.39 is 23.1 Å². The summed E-state index contributed by atoms with van der Waals surface area (Å²) in [6, 6.07) is 5.18. The Morgan fingerprint density at radius 3 is 2.57 bits per heavy atom. The average Bonchev–Trinajstić information content (AvgIpc) is 2.40. The van der Waals surface area contributed by atoms with E-state index in [-0.39, 0.29) is 23.6 Å². The van der Waals surface area contributed by atoms with Gasteiger partial charge in [0.25, 0.3) is 0 Å². The first-order chi connectivity index (χ1) is 9.70. The number of carboxylic acids is 1. The van der Waals surface area contributed by atoms with Crippen molar-refractivity contribution in [1.82, 2.24) is 0 Å². The highest BCUT2D eigenvalue weighted by atomic mass is 19.1. The summed E-state index contributed by atoms with van der Waals surface area (Å²) in [5.74, 6) is -2.42. The number of carbonyl (C=O) groups is 2. The zero-order chi connectivity index (χ0) is 16.2. The molecule has 6 heteroatoms. The molecule has 0 heterocycles. The molecule has 0 saturated carbocycles. The molecule has 1 aromatic rings. The van der Waals surface area contributed by atoms with Gasteiger partial charge in [0.1, 0.15) is 11.9 Å². The van der Waals surface area contributed by atoms with Crippen molar-refractivity contribution in [3.63, 3.8) is 0 Å². The van der Waals surface area contributed by atoms with Crippen molar-refractivity contribution in [2.45, 2.75) is 27.2 Å². The molecule has 0 aromatic heterocycles. The van der Waals surface area contributed by atoms with Crippen molar-refractivity contribution < 1.29 is 19.1 Å². The first kappa shape index (κ1) is 16.6. The van der Waals surface area contributed by atoms with Crippen LogP contribution in [0.2, 0.25) is 0 Å². The monoisotopic (exact) mass is 292 g/mol. The lowest BCUT2D eigenvalue weighted by Gasteiger charge is -2.28. The minimum Gasteiger partial charge on any atom is -0.481 e. The third-order valence-corrected chi connectivity index (χ3v) is 3.67. The number of rotatable bonds is 5. The summed E-state index contributed by atoms with van der Waals surface area (Å²) in [5, 5.41) is 20.6. The van der Waals surface area contributed by atoms with Gasteiger partial charge in [-0.2, -0.15) is 5.26 Å². The predicted molar refractivity (Wildman–Crippen MR) is 74.9 cm³/mol. The number of carbonyl (C=O) groups excluding carboxylic acids is 1. The minimum atomic E-state index is -1.21. The van der Waals surface area contributed by atoms with E-state index in [2.05, 4.69) is 5.32 Å². The molecule has 0 fully saturated rings. The van der Waals surface area contributed by atoms with E-state index in [1.165, 1.54) is 13.0 Å². The van der Waals surface area contributed by atoms with Crippen LogP contribution in [0.15, 0.2) is 18.2 Å². The Labute approximate surface area is 122 Å². The highest BCUT2D eigenvalue weighted by Crippen LogP contribution is 2.32. The summed E-state index contributed by atoms with van der Waals surface area (Å²) in [6.07, 6.45) is -0.234. The quantitative estimate of drug-likeness (QED) is 0.873. The van der Waals surface area contributed by atoms with Crippen molar-refractivity contribution in [2.75, 3.05) is 5.32 Å². The summed E-state index contributed by atoms with van der Waals surface area (Å²) >= 11 is 0. The molecule has 112 valence electrons. The molecular formula is C15H17FN2O3. The predicted octanol–water partition coefficient (Wildman–Crippen LogP) is 2.77. The molecule has 0 radical (unpaired) electrons. The second-order valence-corrected chi connectivity index (χ2v) is 5.40. The van der Waals surface area contributed by atoms with Crippen LogP contribution in [-0.4, -0.2) is 17.0 Å². The van der Waals surface area contributed by atoms with E-state index in [1.807, 2.05) is 0 Å². The molecule has 1 atom stereocenters. The van der Waals surface area contributed by atoms with Crippen molar-refractivity contribution >= 4 is 17.6 Å². The van der Waals surface area contributed by atoms with Crippen molar-refractivity contribution in [1.29, 1.82) is 5.26 Å². The first-order valence-electron chi connectivity index (χ1n) is 6.43. The van der Waals surface area contributed by atoms with Crippen LogP contribution in [0.3, 0.4) is 0 Å². The van der Waals surface area contributed by atoms with Gasteiger partial charge in [-0.15, -0.1) is 0 Å². The highest BCUT2D eigenvalue weighted by molar-refractivity contribution is 5.95. The molecule has 1 amide bonds. The average molecular weight is 292 g/mol. The van der Waals surface area contributed by atoms with Crippen LogP contribution in [0.5, 0.6) is 0 Å². The number of nitriles is 1. The van der Waals surface area contributed by atoms with Gasteiger partial charge >= 0.3 is 5.97 Å². The second-order valence-electron chi connectivity index (χ2n) is 5.40. The maximum atomic E-state index is 13.0. The van der Waals surface area contributed by atoms with Crippen LogP contribution < -0.4 is 5.32 Å². The van der Waals surface area contributed by atoms with Gasteiger partial charge in [0.05, 0.1) is 16.7 Å². The summed E-state index contributed by atoms with van der Waals surface area (Å²) in [6.45, 7) is 4.94. The zero-order valence-corrected chi connectivity index (χ0v) is 12.1. The second kappa shape index (κ2) is 6.35. The number of hydrogen-bond acceptors (Lipinski definition) is 3. The van der Waals surface area contributed by atoms with Gasteiger partial charge in [-0.05, 0) is 31.0 Å². The molecule has 0 aliphatic rings. The van der Waals surface area contributed by atoms with Crippen LogP contribution in [0.1, 0.15) is 32.8 Å². The van der Waals surface area contributed by atoms with Gasteiger partial charge in [-0.25, -0.2) is 4.39 Å². The lowest BCUT2D eigenvalue weighted by Crippen LogP contribution is -2.37. The van der Waals surface area contributed by atoms with Gasteiger partial charge < -0.3 is 10.4 Å². The number of aliphatic carboxylic acids is 1. The summed E-state index contributed by atoms with van der Waals surface area (Å²) < 4.78 is 13.0. The lowest BCUT2D eigenvalue weighted by atomic mass is 9.76. The summed E-state index contributed by atoms with van der Waals surface area (Å²) in [5.41, 5.74) is -1.05. The Morgan fingerprint density at radius 1 is 1.48 bits per heavy atom. The Morgan fingerprint density at radius 2 is 2.10 bits per heavy atom. The van der Waals surface area contributed by atoms with Crippen molar-refractivity contribution in [2.24, 2.45) is 11.3 Å². The molecular weight excluding hydrogens is 275 g/mol. The number of nitrogens with one attached hydrogen (secondary N) is 1. The molecule has 0 aliphatic heterocycles. The fourth-order valence-electron chi connectivity index (χ4n) is 1.77. The maximum Gasteiger partial charge on any atom is 0.310 e. The molecule has 1 rings (SSSR count). The van der Waals surface area contributed by atoms with Crippen LogP contribution in [0, 0.1) is 28.5 Å². The van der Waals surface area contributed by atoms with E-state index in [1.54, 1.807) is 19.9 Å². The van der Waals surface area contributed by atoms with Gasteiger partial charge in [0, 0.05) is 6.42 Å². The van der Waals surface area contributed by atoms with Crippen LogP contribution in [-0.2, 0) is 9.59 Å². The Bertz CT molecular complexity index is 607. The van der Waals surface area contributed by atoms with Gasteiger partial charge in [0.2, 0.25) is 5.91 Å². The summed E-state index contributed by atoms with van der Waals surface area (Å²) in [4.78, 5) is 23.3. The van der Waals surface area contributed by atoms with E-state index in [0.717, 1.165) is 12.1 Å². The molecule has 0 saturated heterocycles. The molecule has 5 nitrogen and oxygen atoms in total. The smallest absolute Gasteiger partial charge is 0.310 e. The minimum absolute atomic E-state index is 0.00933. The third kappa shape index (κ3) is 3.78. The van der Waals surface area contributed by atoms with E-state index in [0.29, 0.717) is 0 Å². The Hall–Kier alpha value is -2.42. The number of anilines is 1. The first-order valence-corrected chi connectivity index (χ1v) is 6.43. The number of hydrogen-bond donors (Lipinski definition) is 2. The molecule has 1 unspecified atom stereocenters. The molecule has 0 bridgehead atoms. The number of halogens is 1. The van der Waals surface area contributed by atoms with Gasteiger partial charge in [-0.3, -0.25) is 9.59 Å². The van der Waals surface area contributed by atoms with E-state index in [4.69, 9.17) is 5.26 Å². The fraction of sp³-hybridized carbons (Fsp3) is 0.400. The molecule has 0 spiro atoms. The van der Waals surface area contributed by atoms with Gasteiger partial charge in [-0.1, -0.05) is 13.8 Å². The number of nitrogens with zero attached hydrogens (tertiary/aromatic N) is 1. The summed E-state index contributed by atoms with van der Waals surface area (Å²) in [7, 11) is 0. The zero-order valence-electron chi connectivity index (χ0n) is 12.1. The Balaban J connectivity index is 2.93. The van der Waals surface area contributed by atoms with Crippen LogP contribution in [0.4, 0.5) is 10.1 Å². The number of amides is 1.